The molecule has 1 N–H and O–H groups in total. The van der Waals surface area contributed by atoms with Crippen LogP contribution in [0.2, 0.25) is 5.02 Å². The zero-order chi connectivity index (χ0) is 16.7. The highest BCUT2D eigenvalue weighted by Crippen LogP contribution is 2.42. The van der Waals surface area contributed by atoms with E-state index in [1.54, 1.807) is 23.1 Å². The summed E-state index contributed by atoms with van der Waals surface area (Å²) in [7, 11) is 0. The Morgan fingerprint density at radius 3 is 3.08 bits per heavy atom. The van der Waals surface area contributed by atoms with Crippen molar-refractivity contribution in [2.75, 3.05) is 5.32 Å². The minimum absolute atomic E-state index is 0.640. The monoisotopic (exact) mass is 438 g/mol. The number of oxazole rings is 1. The number of rotatable bonds is 3. The minimum Gasteiger partial charge on any atom is -0.426 e. The molecule has 2 aromatic heterocycles. The van der Waals surface area contributed by atoms with Crippen molar-refractivity contribution in [3.63, 3.8) is 0 Å². The molecule has 4 rings (SSSR count). The fourth-order valence-electron chi connectivity index (χ4n) is 2.39. The van der Waals surface area contributed by atoms with E-state index in [0.717, 1.165) is 41.9 Å². The van der Waals surface area contributed by atoms with Crippen molar-refractivity contribution in [2.24, 2.45) is 0 Å². The van der Waals surface area contributed by atoms with Crippen molar-refractivity contribution in [2.45, 2.75) is 18.2 Å². The summed E-state index contributed by atoms with van der Waals surface area (Å²) in [6.45, 7) is 2.12. The lowest BCUT2D eigenvalue weighted by molar-refractivity contribution is 0.595. The Kier molecular flexibility index (Phi) is 4.47. The zero-order valence-corrected chi connectivity index (χ0v) is 16.6. The van der Waals surface area contributed by atoms with Gasteiger partial charge < -0.3 is 9.73 Å². The van der Waals surface area contributed by atoms with E-state index in [0.29, 0.717) is 5.89 Å². The number of thioether (sulfide) groups is 1. The lowest BCUT2D eigenvalue weighted by Crippen LogP contribution is -1.89. The van der Waals surface area contributed by atoms with Crippen LogP contribution in [0.1, 0.15) is 19.2 Å². The second kappa shape index (κ2) is 6.59. The molecule has 3 nitrogen and oxygen atoms in total. The Morgan fingerprint density at radius 2 is 2.29 bits per heavy atom. The van der Waals surface area contributed by atoms with Gasteiger partial charge >= 0.3 is 0 Å². The van der Waals surface area contributed by atoms with E-state index in [1.165, 1.54) is 4.90 Å². The topological polar surface area (TPSA) is 38.1 Å². The van der Waals surface area contributed by atoms with E-state index >= 15 is 0 Å². The number of hydrogen-bond acceptors (Lipinski definition) is 5. The van der Waals surface area contributed by atoms with Gasteiger partial charge in [-0.3, -0.25) is 0 Å². The van der Waals surface area contributed by atoms with Crippen molar-refractivity contribution < 1.29 is 4.42 Å². The molecule has 24 heavy (non-hydrogen) atoms. The van der Waals surface area contributed by atoms with Crippen LogP contribution in [0, 0.1) is 0 Å². The number of nitrogens with zero attached hydrogens (tertiary/aromatic N) is 1. The van der Waals surface area contributed by atoms with Gasteiger partial charge in [0.25, 0.3) is 0 Å². The molecule has 0 radical (unpaired) electrons. The summed E-state index contributed by atoms with van der Waals surface area (Å²) >= 11 is 12.7. The number of anilines is 1. The van der Waals surface area contributed by atoms with E-state index in [4.69, 9.17) is 16.0 Å². The molecular formula is C17H12BrClN2OS2. The zero-order valence-electron chi connectivity index (χ0n) is 12.6. The standard InChI is InChI=1S/C17H12BrClN2OS2/c1-2-9(5-15-20-12-8-14(18)24-17(12)22-15)6-16-21-11-7-10(19)3-4-13(11)23-16/h3-8,21H,2H2,1H3/b9-5+,16-6?. The van der Waals surface area contributed by atoms with Gasteiger partial charge in [0.05, 0.1) is 14.5 Å². The van der Waals surface area contributed by atoms with E-state index in [2.05, 4.69) is 39.2 Å². The van der Waals surface area contributed by atoms with Gasteiger partial charge in [-0.05, 0) is 58.3 Å². The van der Waals surface area contributed by atoms with E-state index in [9.17, 15) is 0 Å². The maximum Gasteiger partial charge on any atom is 0.221 e. The highest BCUT2D eigenvalue weighted by Gasteiger charge is 2.16. The fourth-order valence-corrected chi connectivity index (χ4v) is 4.87. The molecule has 1 aromatic carbocycles. The first-order valence-electron chi connectivity index (χ1n) is 7.33. The van der Waals surface area contributed by atoms with Crippen LogP contribution in [0.5, 0.6) is 0 Å². The molecule has 3 aromatic rings. The summed E-state index contributed by atoms with van der Waals surface area (Å²) in [6.07, 6.45) is 5.02. The summed E-state index contributed by atoms with van der Waals surface area (Å²) in [4.78, 5) is 6.53. The number of allylic oxidation sites excluding steroid dienone is 2. The Bertz CT molecular complexity index is 958. The lowest BCUT2D eigenvalue weighted by atomic mass is 10.2. The molecule has 3 heterocycles. The largest absolute Gasteiger partial charge is 0.426 e. The minimum atomic E-state index is 0.640. The van der Waals surface area contributed by atoms with Crippen LogP contribution < -0.4 is 5.32 Å². The van der Waals surface area contributed by atoms with Gasteiger partial charge in [-0.25, -0.2) is 4.98 Å². The third-order valence-electron chi connectivity index (χ3n) is 3.53. The van der Waals surface area contributed by atoms with E-state index in [-0.39, 0.29) is 0 Å². The number of thiophene rings is 1. The van der Waals surface area contributed by atoms with Gasteiger partial charge in [0.1, 0.15) is 5.52 Å². The molecule has 122 valence electrons. The molecule has 7 heteroatoms. The molecular weight excluding hydrogens is 428 g/mol. The quantitative estimate of drug-likeness (QED) is 0.470. The number of fused-ring (bicyclic) bond motifs is 2. The van der Waals surface area contributed by atoms with Gasteiger partial charge in [0, 0.05) is 16.0 Å². The summed E-state index contributed by atoms with van der Waals surface area (Å²) in [5.74, 6) is 0.640. The molecule has 0 amide bonds. The first-order valence-corrected chi connectivity index (χ1v) is 10.1. The van der Waals surface area contributed by atoms with E-state index in [1.807, 2.05) is 30.3 Å². The van der Waals surface area contributed by atoms with Crippen LogP contribution >= 0.6 is 50.6 Å². The van der Waals surface area contributed by atoms with Crippen molar-refractivity contribution in [3.8, 4) is 0 Å². The molecule has 0 aliphatic carbocycles. The maximum atomic E-state index is 6.05. The Labute approximate surface area is 160 Å². The molecule has 0 fully saturated rings. The van der Waals surface area contributed by atoms with Crippen LogP contribution in [-0.2, 0) is 0 Å². The maximum absolute atomic E-state index is 6.05. The molecule has 0 saturated heterocycles. The van der Waals surface area contributed by atoms with Crippen LogP contribution in [0.3, 0.4) is 0 Å². The third-order valence-corrected chi connectivity index (χ3v) is 6.29. The lowest BCUT2D eigenvalue weighted by Gasteiger charge is -2.01. The smallest absolute Gasteiger partial charge is 0.221 e. The van der Waals surface area contributed by atoms with Crippen molar-refractivity contribution in [1.82, 2.24) is 4.98 Å². The highest BCUT2D eigenvalue weighted by molar-refractivity contribution is 9.11. The fraction of sp³-hybridized carbons (Fsp3) is 0.118. The third kappa shape index (κ3) is 3.28. The molecule has 0 atom stereocenters. The molecule has 0 bridgehead atoms. The Morgan fingerprint density at radius 1 is 1.42 bits per heavy atom. The predicted octanol–water partition coefficient (Wildman–Crippen LogP) is 7.16. The SMILES string of the molecule is CC/C(C=C1Nc2cc(Cl)ccc2S1)=C\c1nc2cc(Br)sc2o1. The average molecular weight is 440 g/mol. The Balaban J connectivity index is 1.60. The average Bonchev–Trinajstić information content (AvgIpc) is 3.18. The van der Waals surface area contributed by atoms with Crippen LogP contribution in [-0.4, -0.2) is 4.98 Å². The number of nitrogens with one attached hydrogen (secondary N) is 1. The summed E-state index contributed by atoms with van der Waals surface area (Å²) in [5, 5.41) is 5.22. The first-order chi connectivity index (χ1) is 11.6. The first kappa shape index (κ1) is 16.3. The van der Waals surface area contributed by atoms with Gasteiger partial charge in [0.2, 0.25) is 10.8 Å². The van der Waals surface area contributed by atoms with Crippen LogP contribution in [0.4, 0.5) is 5.69 Å². The molecule has 1 aliphatic rings. The van der Waals surface area contributed by atoms with Crippen molar-refractivity contribution in [1.29, 1.82) is 0 Å². The molecule has 1 aliphatic heterocycles. The molecule has 0 unspecified atom stereocenters. The molecule has 0 saturated carbocycles. The number of benzene rings is 1. The van der Waals surface area contributed by atoms with Gasteiger partial charge in [0.15, 0.2) is 0 Å². The van der Waals surface area contributed by atoms with Gasteiger partial charge in [-0.15, -0.1) is 0 Å². The Hall–Kier alpha value is -1.21. The van der Waals surface area contributed by atoms with E-state index < -0.39 is 0 Å². The highest BCUT2D eigenvalue weighted by atomic mass is 79.9. The summed E-state index contributed by atoms with van der Waals surface area (Å²) in [5.41, 5.74) is 3.09. The summed E-state index contributed by atoms with van der Waals surface area (Å²) in [6, 6.07) is 7.86. The van der Waals surface area contributed by atoms with Crippen molar-refractivity contribution in [3.05, 3.63) is 55.6 Å². The normalized spacial score (nSPS) is 16.0. The number of halogens is 2. The second-order valence-electron chi connectivity index (χ2n) is 5.22. The molecule has 0 spiro atoms. The number of aromatic nitrogens is 1. The number of hydrogen-bond donors (Lipinski definition) is 1. The predicted molar refractivity (Wildman–Crippen MR) is 107 cm³/mol. The van der Waals surface area contributed by atoms with Crippen LogP contribution in [0.25, 0.3) is 16.5 Å². The van der Waals surface area contributed by atoms with Crippen LogP contribution in [0.15, 0.2) is 54.0 Å². The second-order valence-corrected chi connectivity index (χ2v) is 9.14. The van der Waals surface area contributed by atoms with Crippen molar-refractivity contribution >= 4 is 72.8 Å². The van der Waals surface area contributed by atoms with Gasteiger partial charge in [-0.2, -0.15) is 0 Å². The summed E-state index contributed by atoms with van der Waals surface area (Å²) < 4.78 is 6.82. The van der Waals surface area contributed by atoms with Gasteiger partial charge in [-0.1, -0.05) is 41.6 Å².